The summed E-state index contributed by atoms with van der Waals surface area (Å²) in [5.74, 6) is -0.549. The van der Waals surface area contributed by atoms with Crippen molar-refractivity contribution in [2.24, 2.45) is 0 Å². The van der Waals surface area contributed by atoms with Gasteiger partial charge in [-0.25, -0.2) is 14.8 Å². The Morgan fingerprint density at radius 1 is 1.02 bits per heavy atom. The SMILES string of the molecule is CCC(=O)N1CC(N2CCC(c3nn(C(C)(C)C)c4ccc(-c5nc6cc(C)c([C@H](OC(C)(C)C)C(=O)O)c(-c7ccc(Cl)cc7)c6s5)nc34)CC2)C1. The van der Waals surface area contributed by atoms with E-state index < -0.39 is 17.7 Å². The van der Waals surface area contributed by atoms with E-state index in [0.717, 1.165) is 93.4 Å². The van der Waals surface area contributed by atoms with E-state index in [1.165, 1.54) is 11.3 Å². The van der Waals surface area contributed by atoms with Gasteiger partial charge in [0.2, 0.25) is 5.91 Å². The van der Waals surface area contributed by atoms with Crippen LogP contribution in [0.1, 0.15) is 96.6 Å². The molecule has 1 amide bonds. The van der Waals surface area contributed by atoms with Crippen LogP contribution in [-0.2, 0) is 19.9 Å². The monoisotopic (exact) mass is 756 g/mol. The number of likely N-dealkylation sites (tertiary alicyclic amines) is 2. The number of hydrogen-bond acceptors (Lipinski definition) is 8. The van der Waals surface area contributed by atoms with Crippen LogP contribution in [0.4, 0.5) is 0 Å². The Hall–Kier alpha value is -3.90. The molecule has 12 heteroatoms. The lowest BCUT2D eigenvalue weighted by Gasteiger charge is -2.47. The molecule has 2 saturated heterocycles. The number of carboxylic acids is 1. The Bertz CT molecular complexity index is 2180. The predicted molar refractivity (Wildman–Crippen MR) is 212 cm³/mol. The number of ether oxygens (including phenoxy) is 1. The Labute approximate surface area is 320 Å². The number of carbonyl (C=O) groups excluding carboxylic acids is 1. The van der Waals surface area contributed by atoms with Crippen molar-refractivity contribution in [3.63, 3.8) is 0 Å². The number of thiazole rings is 1. The fourth-order valence-electron chi connectivity index (χ4n) is 7.73. The van der Waals surface area contributed by atoms with Crippen LogP contribution in [0.5, 0.6) is 0 Å². The van der Waals surface area contributed by atoms with Gasteiger partial charge in [0.05, 0.1) is 38.3 Å². The van der Waals surface area contributed by atoms with Gasteiger partial charge < -0.3 is 14.7 Å². The molecular weight excluding hydrogens is 708 g/mol. The topological polar surface area (TPSA) is 114 Å². The number of aryl methyl sites for hydroxylation is 1. The molecule has 0 radical (unpaired) electrons. The van der Waals surface area contributed by atoms with E-state index >= 15 is 0 Å². The van der Waals surface area contributed by atoms with E-state index in [1.807, 2.05) is 75.9 Å². The second kappa shape index (κ2) is 14.1. The second-order valence-corrected chi connectivity index (χ2v) is 17.9. The smallest absolute Gasteiger partial charge is 0.337 e. The lowest BCUT2D eigenvalue weighted by Crippen LogP contribution is -2.62. The molecule has 10 nitrogen and oxygen atoms in total. The first-order chi connectivity index (χ1) is 25.0. The zero-order valence-corrected chi connectivity index (χ0v) is 33.4. The number of amides is 1. The summed E-state index contributed by atoms with van der Waals surface area (Å²) in [6.45, 7) is 19.5. The maximum Gasteiger partial charge on any atom is 0.337 e. The summed E-state index contributed by atoms with van der Waals surface area (Å²) in [7, 11) is 0. The Morgan fingerprint density at radius 3 is 2.30 bits per heavy atom. The van der Waals surface area contributed by atoms with Crippen LogP contribution in [0.25, 0.3) is 43.1 Å². The van der Waals surface area contributed by atoms with Crippen LogP contribution in [0.15, 0.2) is 42.5 Å². The van der Waals surface area contributed by atoms with Crippen molar-refractivity contribution >= 4 is 56.1 Å². The minimum atomic E-state index is -1.19. The summed E-state index contributed by atoms with van der Waals surface area (Å²) in [6, 6.07) is 14.0. The number of pyridine rings is 1. The Kier molecular flexibility index (Phi) is 9.93. The first-order valence-electron chi connectivity index (χ1n) is 18.5. The lowest BCUT2D eigenvalue weighted by atomic mass is 9.91. The Balaban J connectivity index is 1.29. The number of piperidine rings is 1. The van der Waals surface area contributed by atoms with Crippen molar-refractivity contribution in [2.45, 2.75) is 104 Å². The van der Waals surface area contributed by atoms with Crippen LogP contribution in [0.3, 0.4) is 0 Å². The van der Waals surface area contributed by atoms with Gasteiger partial charge in [-0.1, -0.05) is 30.7 Å². The molecular formula is C41H49ClN6O4S. The predicted octanol–water partition coefficient (Wildman–Crippen LogP) is 8.83. The Morgan fingerprint density at radius 2 is 1.70 bits per heavy atom. The number of aliphatic carboxylic acids is 1. The summed E-state index contributed by atoms with van der Waals surface area (Å²) in [4.78, 5) is 39.9. The van der Waals surface area contributed by atoms with Crippen molar-refractivity contribution < 1.29 is 19.4 Å². The number of carbonyl (C=O) groups is 2. The molecule has 53 heavy (non-hydrogen) atoms. The van der Waals surface area contributed by atoms with Crippen LogP contribution >= 0.6 is 22.9 Å². The molecule has 5 heterocycles. The van der Waals surface area contributed by atoms with Crippen LogP contribution in [0.2, 0.25) is 5.02 Å². The normalized spacial score (nSPS) is 17.1. The quantitative estimate of drug-likeness (QED) is 0.167. The maximum absolute atomic E-state index is 12.8. The number of fused-ring (bicyclic) bond motifs is 2. The number of halogens is 1. The standard InChI is InChI=1S/C41H49ClN6O4S/c1-9-31(49)47-21-27(22-47)46-18-16-25(17-19-46)34-35-30(48(45-34)40(3,4)5)15-14-28(43-35)38-44-29-20-23(2)32(36(39(50)51)52-41(6,7)8)33(37(29)53-38)24-10-12-26(42)13-11-24/h10-15,20,25,27,36H,9,16-19,21-22H2,1-8H3,(H,50,51)/t36-/m0/s1. The average molecular weight is 757 g/mol. The molecule has 0 saturated carbocycles. The fraction of sp³-hybridized carbons (Fsp3) is 0.488. The van der Waals surface area contributed by atoms with Crippen LogP contribution in [-0.4, -0.2) is 84.4 Å². The molecule has 1 N–H and O–H groups in total. The van der Waals surface area contributed by atoms with E-state index in [-0.39, 0.29) is 17.4 Å². The largest absolute Gasteiger partial charge is 0.479 e. The highest BCUT2D eigenvalue weighted by atomic mass is 35.5. The van der Waals surface area contributed by atoms with Gasteiger partial charge in [0, 0.05) is 47.6 Å². The van der Waals surface area contributed by atoms with Crippen molar-refractivity contribution in [1.29, 1.82) is 0 Å². The third kappa shape index (κ3) is 7.33. The van der Waals surface area contributed by atoms with Crippen molar-refractivity contribution in [3.05, 3.63) is 64.3 Å². The highest BCUT2D eigenvalue weighted by Gasteiger charge is 2.37. The van der Waals surface area contributed by atoms with E-state index in [4.69, 9.17) is 31.4 Å². The highest BCUT2D eigenvalue weighted by molar-refractivity contribution is 7.22. The molecule has 2 aromatic carbocycles. The summed E-state index contributed by atoms with van der Waals surface area (Å²) >= 11 is 7.82. The molecule has 0 unspecified atom stereocenters. The molecule has 2 fully saturated rings. The molecule has 2 aliphatic rings. The molecule has 0 aliphatic carbocycles. The van der Waals surface area contributed by atoms with Crippen LogP contribution in [0, 0.1) is 6.92 Å². The second-order valence-electron chi connectivity index (χ2n) is 16.5. The van der Waals surface area contributed by atoms with Crippen molar-refractivity contribution in [2.75, 3.05) is 26.2 Å². The van der Waals surface area contributed by atoms with Gasteiger partial charge in [0.25, 0.3) is 0 Å². The lowest BCUT2D eigenvalue weighted by molar-refractivity contribution is -0.160. The molecule has 1 atom stereocenters. The zero-order chi connectivity index (χ0) is 38.0. The van der Waals surface area contributed by atoms with Crippen LogP contribution < -0.4 is 0 Å². The molecule has 5 aromatic rings. The molecule has 0 bridgehead atoms. The maximum atomic E-state index is 12.8. The fourth-order valence-corrected chi connectivity index (χ4v) is 8.95. The molecule has 3 aromatic heterocycles. The number of carboxylic acid groups (broad SMARTS) is 1. The van der Waals surface area contributed by atoms with Crippen molar-refractivity contribution in [3.8, 4) is 21.8 Å². The van der Waals surface area contributed by atoms with E-state index in [1.54, 1.807) is 0 Å². The van der Waals surface area contributed by atoms with Gasteiger partial charge in [0.15, 0.2) is 6.10 Å². The highest BCUT2D eigenvalue weighted by Crippen LogP contribution is 2.45. The van der Waals surface area contributed by atoms with Gasteiger partial charge in [-0.3, -0.25) is 14.4 Å². The first-order valence-corrected chi connectivity index (χ1v) is 19.7. The van der Waals surface area contributed by atoms with Gasteiger partial charge in [-0.05, 0) is 116 Å². The summed E-state index contributed by atoms with van der Waals surface area (Å²) < 4.78 is 9.18. The number of hydrogen-bond donors (Lipinski definition) is 1. The molecule has 0 spiro atoms. The van der Waals surface area contributed by atoms with Crippen molar-refractivity contribution in [1.82, 2.24) is 29.5 Å². The minimum absolute atomic E-state index is 0.237. The van der Waals surface area contributed by atoms with E-state index in [0.29, 0.717) is 23.0 Å². The summed E-state index contributed by atoms with van der Waals surface area (Å²) in [6.07, 6.45) is 1.33. The summed E-state index contributed by atoms with van der Waals surface area (Å²) in [5, 5.41) is 17.1. The average Bonchev–Trinajstić information content (AvgIpc) is 3.68. The number of nitrogens with zero attached hydrogens (tertiary/aromatic N) is 6. The first kappa shape index (κ1) is 37.4. The third-order valence-electron chi connectivity index (χ3n) is 10.4. The van der Waals surface area contributed by atoms with Gasteiger partial charge >= 0.3 is 5.97 Å². The molecule has 280 valence electrons. The van der Waals surface area contributed by atoms with Gasteiger partial charge in [-0.15, -0.1) is 11.3 Å². The van der Waals surface area contributed by atoms with Gasteiger partial charge in [0.1, 0.15) is 10.5 Å². The number of aromatic nitrogens is 4. The number of benzene rings is 2. The third-order valence-corrected chi connectivity index (χ3v) is 11.7. The zero-order valence-electron chi connectivity index (χ0n) is 31.9. The van der Waals surface area contributed by atoms with Gasteiger partial charge in [-0.2, -0.15) is 5.10 Å². The molecule has 2 aliphatic heterocycles. The summed E-state index contributed by atoms with van der Waals surface area (Å²) in [5.41, 5.74) is 6.51. The van der Waals surface area contributed by atoms with E-state index in [2.05, 4.69) is 36.4 Å². The minimum Gasteiger partial charge on any atom is -0.479 e. The van der Waals surface area contributed by atoms with E-state index in [9.17, 15) is 14.7 Å². The number of rotatable bonds is 8. The molecule has 7 rings (SSSR count).